The Labute approximate surface area is 111 Å². The molecule has 18 heavy (non-hydrogen) atoms. The van der Waals surface area contributed by atoms with Crippen molar-refractivity contribution in [2.24, 2.45) is 5.92 Å². The number of nitrogens with one attached hydrogen (secondary N) is 1. The Bertz CT molecular complexity index is 365. The van der Waals surface area contributed by atoms with Gasteiger partial charge in [-0.05, 0) is 52.3 Å². The van der Waals surface area contributed by atoms with Crippen LogP contribution in [0.3, 0.4) is 0 Å². The molecule has 100 valence electrons. The minimum Gasteiger partial charge on any atom is -0.308 e. The van der Waals surface area contributed by atoms with Crippen LogP contribution in [0.25, 0.3) is 0 Å². The van der Waals surface area contributed by atoms with E-state index >= 15 is 0 Å². The minimum absolute atomic E-state index is 0.534. The molecule has 1 N–H and O–H groups in total. The summed E-state index contributed by atoms with van der Waals surface area (Å²) in [6, 6.07) is 10.1. The lowest BCUT2D eigenvalue weighted by Gasteiger charge is -2.26. The van der Waals surface area contributed by atoms with Crippen LogP contribution >= 0.6 is 0 Å². The van der Waals surface area contributed by atoms with E-state index in [2.05, 4.69) is 62.4 Å². The summed E-state index contributed by atoms with van der Waals surface area (Å²) >= 11 is 0. The largest absolute Gasteiger partial charge is 0.308 e. The van der Waals surface area contributed by atoms with Crippen molar-refractivity contribution in [3.8, 4) is 0 Å². The summed E-state index contributed by atoms with van der Waals surface area (Å²) < 4.78 is 0. The fourth-order valence-corrected chi connectivity index (χ4v) is 2.61. The highest BCUT2D eigenvalue weighted by atomic mass is 15.1. The SMILES string of the molecule is Cc1ccc(C(NC(C)CN(C)C)C2CC2)cc1. The predicted molar refractivity (Wildman–Crippen MR) is 77.8 cm³/mol. The van der Waals surface area contributed by atoms with E-state index in [4.69, 9.17) is 0 Å². The molecule has 1 aromatic rings. The quantitative estimate of drug-likeness (QED) is 0.830. The van der Waals surface area contributed by atoms with Gasteiger partial charge in [0, 0.05) is 18.6 Å². The Kier molecular flexibility index (Phi) is 4.41. The van der Waals surface area contributed by atoms with Crippen LogP contribution in [-0.4, -0.2) is 31.6 Å². The Hall–Kier alpha value is -0.860. The first-order valence-electron chi connectivity index (χ1n) is 7.03. The molecule has 2 nitrogen and oxygen atoms in total. The minimum atomic E-state index is 0.534. The zero-order valence-electron chi connectivity index (χ0n) is 12.1. The van der Waals surface area contributed by atoms with Gasteiger partial charge in [0.05, 0.1) is 0 Å². The zero-order chi connectivity index (χ0) is 13.1. The molecule has 1 fully saturated rings. The molecular weight excluding hydrogens is 220 g/mol. The van der Waals surface area contributed by atoms with Gasteiger partial charge in [-0.2, -0.15) is 0 Å². The number of hydrogen-bond acceptors (Lipinski definition) is 2. The molecule has 1 aliphatic rings. The van der Waals surface area contributed by atoms with Crippen molar-refractivity contribution in [1.29, 1.82) is 0 Å². The van der Waals surface area contributed by atoms with Crippen LogP contribution in [0, 0.1) is 12.8 Å². The third-order valence-electron chi connectivity index (χ3n) is 3.63. The number of benzene rings is 1. The second kappa shape index (κ2) is 5.85. The van der Waals surface area contributed by atoms with Crippen LogP contribution in [0.5, 0.6) is 0 Å². The second-order valence-corrected chi connectivity index (χ2v) is 6.06. The Balaban J connectivity index is 2.02. The third-order valence-corrected chi connectivity index (χ3v) is 3.63. The van der Waals surface area contributed by atoms with Crippen LogP contribution in [0.4, 0.5) is 0 Å². The van der Waals surface area contributed by atoms with Gasteiger partial charge in [-0.1, -0.05) is 29.8 Å². The predicted octanol–water partition coefficient (Wildman–Crippen LogP) is 2.99. The average molecular weight is 246 g/mol. The summed E-state index contributed by atoms with van der Waals surface area (Å²) in [5.74, 6) is 0.845. The molecule has 0 aromatic heterocycles. The van der Waals surface area contributed by atoms with E-state index in [-0.39, 0.29) is 0 Å². The molecule has 2 rings (SSSR count). The molecule has 1 saturated carbocycles. The van der Waals surface area contributed by atoms with Crippen molar-refractivity contribution in [3.05, 3.63) is 35.4 Å². The van der Waals surface area contributed by atoms with E-state index in [1.54, 1.807) is 0 Å². The first-order valence-corrected chi connectivity index (χ1v) is 7.03. The van der Waals surface area contributed by atoms with E-state index in [0.717, 1.165) is 12.5 Å². The lowest BCUT2D eigenvalue weighted by Crippen LogP contribution is -2.38. The van der Waals surface area contributed by atoms with E-state index in [0.29, 0.717) is 12.1 Å². The van der Waals surface area contributed by atoms with Gasteiger partial charge in [0.2, 0.25) is 0 Å². The van der Waals surface area contributed by atoms with Crippen LogP contribution in [0.2, 0.25) is 0 Å². The van der Waals surface area contributed by atoms with Crippen molar-refractivity contribution in [2.75, 3.05) is 20.6 Å². The number of likely N-dealkylation sites (N-methyl/N-ethyl adjacent to an activating group) is 1. The number of hydrogen-bond donors (Lipinski definition) is 1. The first-order chi connectivity index (χ1) is 8.56. The summed E-state index contributed by atoms with van der Waals surface area (Å²) in [5.41, 5.74) is 2.79. The highest BCUT2D eigenvalue weighted by molar-refractivity contribution is 5.25. The molecule has 2 heteroatoms. The van der Waals surface area contributed by atoms with Crippen molar-refractivity contribution in [3.63, 3.8) is 0 Å². The van der Waals surface area contributed by atoms with Gasteiger partial charge in [-0.15, -0.1) is 0 Å². The van der Waals surface area contributed by atoms with Gasteiger partial charge in [0.15, 0.2) is 0 Å². The third kappa shape index (κ3) is 3.82. The van der Waals surface area contributed by atoms with E-state index in [1.807, 2.05) is 0 Å². The van der Waals surface area contributed by atoms with Gasteiger partial charge in [-0.3, -0.25) is 0 Å². The van der Waals surface area contributed by atoms with Gasteiger partial charge in [-0.25, -0.2) is 0 Å². The van der Waals surface area contributed by atoms with Crippen LogP contribution in [0.15, 0.2) is 24.3 Å². The fourth-order valence-electron chi connectivity index (χ4n) is 2.61. The van der Waals surface area contributed by atoms with E-state index in [1.165, 1.54) is 24.0 Å². The fraction of sp³-hybridized carbons (Fsp3) is 0.625. The molecule has 1 aliphatic carbocycles. The molecule has 2 unspecified atom stereocenters. The Morgan fingerprint density at radius 1 is 1.22 bits per heavy atom. The summed E-state index contributed by atoms with van der Waals surface area (Å²) in [6.45, 7) is 5.52. The molecule has 0 amide bonds. The molecule has 1 aromatic carbocycles. The molecule has 0 saturated heterocycles. The molecule has 0 radical (unpaired) electrons. The summed E-state index contributed by atoms with van der Waals surface area (Å²) in [5, 5.41) is 3.80. The van der Waals surface area contributed by atoms with Gasteiger partial charge in [0.1, 0.15) is 0 Å². The Morgan fingerprint density at radius 3 is 2.33 bits per heavy atom. The maximum absolute atomic E-state index is 3.80. The second-order valence-electron chi connectivity index (χ2n) is 6.06. The van der Waals surface area contributed by atoms with Crippen molar-refractivity contribution >= 4 is 0 Å². The topological polar surface area (TPSA) is 15.3 Å². The maximum Gasteiger partial charge on any atom is 0.0351 e. The summed E-state index contributed by atoms with van der Waals surface area (Å²) in [4.78, 5) is 2.25. The first kappa shape index (κ1) is 13.6. The number of aryl methyl sites for hydroxylation is 1. The van der Waals surface area contributed by atoms with Crippen molar-refractivity contribution in [1.82, 2.24) is 10.2 Å². The number of rotatable bonds is 6. The molecule has 0 heterocycles. The van der Waals surface area contributed by atoms with E-state index in [9.17, 15) is 0 Å². The maximum atomic E-state index is 3.80. The van der Waals surface area contributed by atoms with Gasteiger partial charge in [0.25, 0.3) is 0 Å². The van der Waals surface area contributed by atoms with Crippen molar-refractivity contribution in [2.45, 2.75) is 38.8 Å². The highest BCUT2D eigenvalue weighted by Crippen LogP contribution is 2.41. The standard InChI is InChI=1S/C16H26N2/c1-12-5-7-14(8-6-12)16(15-9-10-15)17-13(2)11-18(3)4/h5-8,13,15-17H,9-11H2,1-4H3. The lowest BCUT2D eigenvalue weighted by molar-refractivity contribution is 0.319. The molecule has 0 aliphatic heterocycles. The Morgan fingerprint density at radius 2 is 1.83 bits per heavy atom. The lowest BCUT2D eigenvalue weighted by atomic mass is 10.00. The monoisotopic (exact) mass is 246 g/mol. The summed E-state index contributed by atoms with van der Waals surface area (Å²) in [7, 11) is 4.27. The summed E-state index contributed by atoms with van der Waals surface area (Å²) in [6.07, 6.45) is 2.75. The van der Waals surface area contributed by atoms with Gasteiger partial charge >= 0.3 is 0 Å². The van der Waals surface area contributed by atoms with E-state index < -0.39 is 0 Å². The smallest absolute Gasteiger partial charge is 0.0351 e. The van der Waals surface area contributed by atoms with Crippen molar-refractivity contribution < 1.29 is 0 Å². The molecule has 2 atom stereocenters. The molecule has 0 spiro atoms. The van der Waals surface area contributed by atoms with Crippen LogP contribution in [-0.2, 0) is 0 Å². The van der Waals surface area contributed by atoms with Crippen LogP contribution < -0.4 is 5.32 Å². The zero-order valence-corrected chi connectivity index (χ0v) is 12.1. The molecule has 0 bridgehead atoms. The van der Waals surface area contributed by atoms with Gasteiger partial charge < -0.3 is 10.2 Å². The average Bonchev–Trinajstić information content (AvgIpc) is 3.10. The molecular formula is C16H26N2. The normalized spacial score (nSPS) is 18.9. The number of nitrogens with zero attached hydrogens (tertiary/aromatic N) is 1. The highest BCUT2D eigenvalue weighted by Gasteiger charge is 2.32. The van der Waals surface area contributed by atoms with Crippen LogP contribution in [0.1, 0.15) is 36.9 Å².